The van der Waals surface area contributed by atoms with E-state index >= 15 is 0 Å². The van der Waals surface area contributed by atoms with Crippen molar-refractivity contribution in [2.24, 2.45) is 0 Å². The van der Waals surface area contributed by atoms with Crippen LogP contribution in [0.2, 0.25) is 10.2 Å². The van der Waals surface area contributed by atoms with Crippen molar-refractivity contribution in [1.29, 1.82) is 0 Å². The van der Waals surface area contributed by atoms with Crippen LogP contribution in [0.5, 0.6) is 0 Å². The number of nitrogens with zero attached hydrogens (tertiary/aromatic N) is 1. The molecule has 0 saturated carbocycles. The Balaban J connectivity index is 2.34. The van der Waals surface area contributed by atoms with E-state index in [1.165, 1.54) is 11.3 Å². The molecular weight excluding hydrogens is 277 g/mol. The first-order chi connectivity index (χ1) is 7.56. The van der Waals surface area contributed by atoms with Crippen molar-refractivity contribution in [2.75, 3.05) is 5.32 Å². The standard InChI is InChI=1S/C9H4Cl2F2N2S/c10-5-1-4(12)2-6(13)8(5)15-9-14-7(11)3-16-9/h1-3H,(H,14,15). The second-order valence-electron chi connectivity index (χ2n) is 2.84. The van der Waals surface area contributed by atoms with Gasteiger partial charge in [0.15, 0.2) is 10.9 Å². The molecular formula is C9H4Cl2F2N2S. The van der Waals surface area contributed by atoms with Crippen LogP contribution in [-0.2, 0) is 0 Å². The lowest BCUT2D eigenvalue weighted by molar-refractivity contribution is 0.586. The molecule has 0 saturated heterocycles. The van der Waals surface area contributed by atoms with Crippen LogP contribution in [0, 0.1) is 11.6 Å². The zero-order valence-electron chi connectivity index (χ0n) is 7.60. The largest absolute Gasteiger partial charge is 0.328 e. The van der Waals surface area contributed by atoms with Crippen LogP contribution in [0.3, 0.4) is 0 Å². The molecule has 84 valence electrons. The summed E-state index contributed by atoms with van der Waals surface area (Å²) in [5.74, 6) is -1.51. The summed E-state index contributed by atoms with van der Waals surface area (Å²) in [6.45, 7) is 0. The highest BCUT2D eigenvalue weighted by Crippen LogP contribution is 2.31. The number of nitrogens with one attached hydrogen (secondary N) is 1. The Hall–Kier alpha value is -0.910. The summed E-state index contributed by atoms with van der Waals surface area (Å²) in [7, 11) is 0. The van der Waals surface area contributed by atoms with Crippen LogP contribution in [0.4, 0.5) is 19.6 Å². The fourth-order valence-corrected chi connectivity index (χ4v) is 2.16. The average Bonchev–Trinajstić information content (AvgIpc) is 2.58. The van der Waals surface area contributed by atoms with Gasteiger partial charge in [0.2, 0.25) is 0 Å². The second-order valence-corrected chi connectivity index (χ2v) is 4.50. The van der Waals surface area contributed by atoms with E-state index in [1.807, 2.05) is 0 Å². The SMILES string of the molecule is Fc1cc(F)c(Nc2nc(Cl)cs2)c(Cl)c1. The van der Waals surface area contributed by atoms with Gasteiger partial charge in [-0.25, -0.2) is 13.8 Å². The van der Waals surface area contributed by atoms with Gasteiger partial charge in [-0.05, 0) is 6.07 Å². The van der Waals surface area contributed by atoms with Crippen LogP contribution < -0.4 is 5.32 Å². The highest BCUT2D eigenvalue weighted by molar-refractivity contribution is 7.14. The fraction of sp³-hybridized carbons (Fsp3) is 0. The number of hydrogen-bond donors (Lipinski definition) is 1. The molecule has 1 N–H and O–H groups in total. The van der Waals surface area contributed by atoms with Gasteiger partial charge in [-0.3, -0.25) is 0 Å². The minimum Gasteiger partial charge on any atom is -0.328 e. The van der Waals surface area contributed by atoms with Crippen molar-refractivity contribution in [2.45, 2.75) is 0 Å². The molecule has 1 aromatic carbocycles. The maximum atomic E-state index is 13.4. The summed E-state index contributed by atoms with van der Waals surface area (Å²) in [5.41, 5.74) is -0.0194. The zero-order chi connectivity index (χ0) is 11.7. The zero-order valence-corrected chi connectivity index (χ0v) is 9.93. The summed E-state index contributed by atoms with van der Waals surface area (Å²) in [4.78, 5) is 3.86. The highest BCUT2D eigenvalue weighted by atomic mass is 35.5. The van der Waals surface area contributed by atoms with Crippen LogP contribution in [0.25, 0.3) is 0 Å². The molecule has 0 aliphatic carbocycles. The summed E-state index contributed by atoms with van der Waals surface area (Å²) in [6, 6.07) is 1.76. The van der Waals surface area contributed by atoms with E-state index in [4.69, 9.17) is 23.2 Å². The number of rotatable bonds is 2. The lowest BCUT2D eigenvalue weighted by Crippen LogP contribution is -1.95. The van der Waals surface area contributed by atoms with E-state index < -0.39 is 11.6 Å². The Morgan fingerprint density at radius 2 is 2.00 bits per heavy atom. The van der Waals surface area contributed by atoms with E-state index in [-0.39, 0.29) is 10.7 Å². The number of thiazole rings is 1. The molecule has 2 nitrogen and oxygen atoms in total. The molecule has 0 radical (unpaired) electrons. The van der Waals surface area contributed by atoms with Gasteiger partial charge >= 0.3 is 0 Å². The van der Waals surface area contributed by atoms with Crippen molar-refractivity contribution in [3.8, 4) is 0 Å². The number of benzene rings is 1. The molecule has 0 aliphatic heterocycles. The van der Waals surface area contributed by atoms with Crippen molar-refractivity contribution in [3.05, 3.63) is 39.3 Å². The molecule has 0 aliphatic rings. The molecule has 16 heavy (non-hydrogen) atoms. The van der Waals surface area contributed by atoms with Crippen LogP contribution in [0.15, 0.2) is 17.5 Å². The molecule has 2 aromatic rings. The highest BCUT2D eigenvalue weighted by Gasteiger charge is 2.11. The third-order valence-electron chi connectivity index (χ3n) is 1.71. The van der Waals surface area contributed by atoms with Crippen molar-refractivity contribution < 1.29 is 8.78 Å². The van der Waals surface area contributed by atoms with Gasteiger partial charge in [0, 0.05) is 11.4 Å². The number of aromatic nitrogens is 1. The topological polar surface area (TPSA) is 24.9 Å². The molecule has 1 heterocycles. The van der Waals surface area contributed by atoms with Crippen molar-refractivity contribution in [3.63, 3.8) is 0 Å². The van der Waals surface area contributed by atoms with Gasteiger partial charge in [-0.15, -0.1) is 11.3 Å². The third kappa shape index (κ3) is 2.42. The van der Waals surface area contributed by atoms with Gasteiger partial charge in [0.05, 0.1) is 10.7 Å². The molecule has 7 heteroatoms. The van der Waals surface area contributed by atoms with E-state index in [1.54, 1.807) is 5.38 Å². The van der Waals surface area contributed by atoms with Crippen LogP contribution in [0.1, 0.15) is 0 Å². The normalized spacial score (nSPS) is 10.5. The van der Waals surface area contributed by atoms with E-state index in [0.717, 1.165) is 12.1 Å². The fourth-order valence-electron chi connectivity index (χ4n) is 1.08. The first-order valence-corrected chi connectivity index (χ1v) is 5.72. The number of anilines is 2. The predicted molar refractivity (Wildman–Crippen MR) is 61.8 cm³/mol. The second kappa shape index (κ2) is 4.53. The Morgan fingerprint density at radius 1 is 1.25 bits per heavy atom. The van der Waals surface area contributed by atoms with Crippen LogP contribution in [-0.4, -0.2) is 4.98 Å². The Kier molecular flexibility index (Phi) is 3.28. The molecule has 1 aromatic heterocycles. The lowest BCUT2D eigenvalue weighted by Gasteiger charge is -2.06. The summed E-state index contributed by atoms with van der Waals surface area (Å²) >= 11 is 12.5. The van der Waals surface area contributed by atoms with E-state index in [9.17, 15) is 8.78 Å². The molecule has 0 bridgehead atoms. The molecule has 0 fully saturated rings. The van der Waals surface area contributed by atoms with Crippen molar-refractivity contribution >= 4 is 45.4 Å². The first kappa shape index (κ1) is 11.6. The maximum absolute atomic E-state index is 13.4. The summed E-state index contributed by atoms with van der Waals surface area (Å²) in [5, 5.41) is 4.85. The molecule has 0 atom stereocenters. The Labute approximate surface area is 104 Å². The molecule has 0 unspecified atom stereocenters. The Morgan fingerprint density at radius 3 is 2.56 bits per heavy atom. The van der Waals surface area contributed by atoms with Gasteiger partial charge in [0.1, 0.15) is 11.0 Å². The van der Waals surface area contributed by atoms with Gasteiger partial charge in [-0.1, -0.05) is 23.2 Å². The minimum atomic E-state index is -0.781. The van der Waals surface area contributed by atoms with Crippen molar-refractivity contribution in [1.82, 2.24) is 4.98 Å². The minimum absolute atomic E-state index is 0.0194. The summed E-state index contributed by atoms with van der Waals surface area (Å²) < 4.78 is 26.1. The molecule has 2 rings (SSSR count). The molecule has 0 spiro atoms. The summed E-state index contributed by atoms with van der Waals surface area (Å²) in [6.07, 6.45) is 0. The van der Waals surface area contributed by atoms with Gasteiger partial charge in [-0.2, -0.15) is 0 Å². The average molecular weight is 281 g/mol. The van der Waals surface area contributed by atoms with E-state index in [2.05, 4.69) is 10.3 Å². The van der Waals surface area contributed by atoms with E-state index in [0.29, 0.717) is 10.3 Å². The lowest BCUT2D eigenvalue weighted by atomic mass is 10.3. The number of hydrogen-bond acceptors (Lipinski definition) is 3. The van der Waals surface area contributed by atoms with Gasteiger partial charge < -0.3 is 5.32 Å². The van der Waals surface area contributed by atoms with Gasteiger partial charge in [0.25, 0.3) is 0 Å². The Bertz CT molecular complexity index is 507. The third-order valence-corrected chi connectivity index (χ3v) is 3.09. The predicted octanol–water partition coefficient (Wildman–Crippen LogP) is 4.47. The number of halogens is 4. The first-order valence-electron chi connectivity index (χ1n) is 4.09. The smallest absolute Gasteiger partial charge is 0.188 e. The maximum Gasteiger partial charge on any atom is 0.188 e. The molecule has 0 amide bonds. The monoisotopic (exact) mass is 280 g/mol. The quantitative estimate of drug-likeness (QED) is 0.878. The van der Waals surface area contributed by atoms with Crippen LogP contribution >= 0.6 is 34.5 Å².